The van der Waals surface area contributed by atoms with E-state index in [0.717, 1.165) is 24.2 Å². The van der Waals surface area contributed by atoms with Gasteiger partial charge < -0.3 is 10.5 Å². The van der Waals surface area contributed by atoms with Crippen LogP contribution in [0.4, 0.5) is 4.39 Å². The maximum atomic E-state index is 13.9. The zero-order chi connectivity index (χ0) is 13.1. The standard InChI is InChI=1S/C14H21FN2O/c1-10-7-17(8-11(2)18-10)9-13-4-3-12(6-16)5-14(13)15/h3-5,10-11H,6-9,16H2,1-2H3. The molecule has 100 valence electrons. The molecule has 0 aliphatic carbocycles. The van der Waals surface area contributed by atoms with Gasteiger partial charge in [-0.3, -0.25) is 4.90 Å². The van der Waals surface area contributed by atoms with Gasteiger partial charge in [-0.05, 0) is 25.5 Å². The van der Waals surface area contributed by atoms with Gasteiger partial charge in [-0.2, -0.15) is 0 Å². The molecule has 1 aromatic rings. The Labute approximate surface area is 108 Å². The number of ether oxygens (including phenoxy) is 1. The van der Waals surface area contributed by atoms with Crippen LogP contribution < -0.4 is 5.73 Å². The number of benzene rings is 1. The lowest BCUT2D eigenvalue weighted by molar-refractivity contribution is -0.0707. The summed E-state index contributed by atoms with van der Waals surface area (Å²) in [7, 11) is 0. The van der Waals surface area contributed by atoms with Gasteiger partial charge in [0.05, 0.1) is 12.2 Å². The molecule has 2 N–H and O–H groups in total. The first-order chi connectivity index (χ1) is 8.58. The number of nitrogens with two attached hydrogens (primary N) is 1. The second-order valence-electron chi connectivity index (χ2n) is 5.08. The van der Waals surface area contributed by atoms with Crippen LogP contribution in [0.25, 0.3) is 0 Å². The van der Waals surface area contributed by atoms with Crippen LogP contribution in [0.2, 0.25) is 0 Å². The lowest BCUT2D eigenvalue weighted by atomic mass is 10.1. The van der Waals surface area contributed by atoms with Gasteiger partial charge in [-0.1, -0.05) is 12.1 Å². The average Bonchev–Trinajstić information content (AvgIpc) is 2.30. The summed E-state index contributed by atoms with van der Waals surface area (Å²) in [6.45, 7) is 6.81. The molecule has 1 aliphatic heterocycles. The van der Waals surface area contributed by atoms with E-state index >= 15 is 0 Å². The van der Waals surface area contributed by atoms with Crippen molar-refractivity contribution in [2.75, 3.05) is 13.1 Å². The molecule has 0 radical (unpaired) electrons. The Hall–Kier alpha value is -0.970. The molecule has 1 heterocycles. The van der Waals surface area contributed by atoms with Gasteiger partial charge in [0.1, 0.15) is 5.82 Å². The Morgan fingerprint density at radius 1 is 1.33 bits per heavy atom. The summed E-state index contributed by atoms with van der Waals surface area (Å²) >= 11 is 0. The average molecular weight is 252 g/mol. The largest absolute Gasteiger partial charge is 0.373 e. The normalized spacial score (nSPS) is 25.3. The summed E-state index contributed by atoms with van der Waals surface area (Å²) < 4.78 is 19.5. The zero-order valence-electron chi connectivity index (χ0n) is 11.0. The quantitative estimate of drug-likeness (QED) is 0.893. The van der Waals surface area contributed by atoms with E-state index in [9.17, 15) is 4.39 Å². The first-order valence-corrected chi connectivity index (χ1v) is 6.43. The lowest BCUT2D eigenvalue weighted by Crippen LogP contribution is -2.44. The summed E-state index contributed by atoms with van der Waals surface area (Å²) in [6, 6.07) is 5.26. The van der Waals surface area contributed by atoms with E-state index in [1.54, 1.807) is 0 Å². The highest BCUT2D eigenvalue weighted by Crippen LogP contribution is 2.17. The Bertz CT molecular complexity index is 401. The molecular formula is C14H21FN2O. The van der Waals surface area contributed by atoms with Crippen molar-refractivity contribution in [2.24, 2.45) is 5.73 Å². The summed E-state index contributed by atoms with van der Waals surface area (Å²) in [6.07, 6.45) is 0.417. The van der Waals surface area contributed by atoms with Crippen molar-refractivity contribution < 1.29 is 9.13 Å². The fourth-order valence-electron chi connectivity index (χ4n) is 2.50. The molecule has 2 rings (SSSR count). The van der Waals surface area contributed by atoms with Gasteiger partial charge in [0, 0.05) is 31.7 Å². The van der Waals surface area contributed by atoms with E-state index in [0.29, 0.717) is 13.1 Å². The van der Waals surface area contributed by atoms with Crippen molar-refractivity contribution in [1.29, 1.82) is 0 Å². The minimum Gasteiger partial charge on any atom is -0.373 e. The van der Waals surface area contributed by atoms with E-state index in [1.165, 1.54) is 6.07 Å². The Morgan fingerprint density at radius 3 is 2.56 bits per heavy atom. The molecule has 2 unspecified atom stereocenters. The van der Waals surface area contributed by atoms with Gasteiger partial charge in [0.15, 0.2) is 0 Å². The second kappa shape index (κ2) is 5.78. The molecule has 1 aromatic carbocycles. The van der Waals surface area contributed by atoms with Gasteiger partial charge in [0.25, 0.3) is 0 Å². The van der Waals surface area contributed by atoms with Gasteiger partial charge in [0.2, 0.25) is 0 Å². The SMILES string of the molecule is CC1CN(Cc2ccc(CN)cc2F)CC(C)O1. The Balaban J connectivity index is 2.04. The number of morpholine rings is 1. The van der Waals surface area contributed by atoms with E-state index in [4.69, 9.17) is 10.5 Å². The van der Waals surface area contributed by atoms with E-state index in [-0.39, 0.29) is 18.0 Å². The van der Waals surface area contributed by atoms with Crippen LogP contribution in [0.5, 0.6) is 0 Å². The predicted molar refractivity (Wildman–Crippen MR) is 69.6 cm³/mol. The van der Waals surface area contributed by atoms with E-state index in [2.05, 4.69) is 18.7 Å². The highest BCUT2D eigenvalue weighted by Gasteiger charge is 2.22. The first-order valence-electron chi connectivity index (χ1n) is 6.43. The third kappa shape index (κ3) is 3.28. The summed E-state index contributed by atoms with van der Waals surface area (Å²) in [4.78, 5) is 2.24. The zero-order valence-corrected chi connectivity index (χ0v) is 11.0. The molecule has 4 heteroatoms. The molecule has 1 saturated heterocycles. The van der Waals surface area contributed by atoms with Crippen molar-refractivity contribution in [3.05, 3.63) is 35.1 Å². The van der Waals surface area contributed by atoms with Crippen molar-refractivity contribution >= 4 is 0 Å². The van der Waals surface area contributed by atoms with Crippen LogP contribution in [0.3, 0.4) is 0 Å². The molecule has 0 amide bonds. The topological polar surface area (TPSA) is 38.5 Å². The first kappa shape index (κ1) is 13.5. The van der Waals surface area contributed by atoms with Crippen LogP contribution in [-0.4, -0.2) is 30.2 Å². The molecule has 1 aliphatic rings. The Kier molecular flexibility index (Phi) is 4.32. The number of nitrogens with zero attached hydrogens (tertiary/aromatic N) is 1. The fraction of sp³-hybridized carbons (Fsp3) is 0.571. The van der Waals surface area contributed by atoms with E-state index in [1.807, 2.05) is 12.1 Å². The molecule has 3 nitrogen and oxygen atoms in total. The number of halogens is 1. The minimum atomic E-state index is -0.162. The molecule has 0 aromatic heterocycles. The van der Waals surface area contributed by atoms with Crippen LogP contribution in [0.15, 0.2) is 18.2 Å². The van der Waals surface area contributed by atoms with Crippen molar-refractivity contribution in [1.82, 2.24) is 4.90 Å². The third-order valence-electron chi connectivity index (χ3n) is 3.24. The molecular weight excluding hydrogens is 231 g/mol. The predicted octanol–water partition coefficient (Wildman–Crippen LogP) is 1.89. The van der Waals surface area contributed by atoms with Crippen LogP contribution in [-0.2, 0) is 17.8 Å². The van der Waals surface area contributed by atoms with Crippen LogP contribution >= 0.6 is 0 Å². The fourth-order valence-corrected chi connectivity index (χ4v) is 2.50. The second-order valence-corrected chi connectivity index (χ2v) is 5.08. The Morgan fingerprint density at radius 2 is 2.00 bits per heavy atom. The smallest absolute Gasteiger partial charge is 0.128 e. The summed E-state index contributed by atoms with van der Waals surface area (Å²) in [5.74, 6) is -0.162. The number of hydrogen-bond donors (Lipinski definition) is 1. The monoisotopic (exact) mass is 252 g/mol. The number of hydrogen-bond acceptors (Lipinski definition) is 3. The van der Waals surface area contributed by atoms with Crippen molar-refractivity contribution in [3.63, 3.8) is 0 Å². The highest BCUT2D eigenvalue weighted by molar-refractivity contribution is 5.24. The number of rotatable bonds is 3. The third-order valence-corrected chi connectivity index (χ3v) is 3.24. The van der Waals surface area contributed by atoms with Gasteiger partial charge in [-0.25, -0.2) is 4.39 Å². The highest BCUT2D eigenvalue weighted by atomic mass is 19.1. The minimum absolute atomic E-state index is 0.162. The maximum Gasteiger partial charge on any atom is 0.128 e. The molecule has 0 spiro atoms. The van der Waals surface area contributed by atoms with Crippen molar-refractivity contribution in [3.8, 4) is 0 Å². The van der Waals surface area contributed by atoms with Gasteiger partial charge in [-0.15, -0.1) is 0 Å². The molecule has 0 saturated carbocycles. The van der Waals surface area contributed by atoms with Crippen LogP contribution in [0.1, 0.15) is 25.0 Å². The maximum absolute atomic E-state index is 13.9. The molecule has 1 fully saturated rings. The van der Waals surface area contributed by atoms with Gasteiger partial charge >= 0.3 is 0 Å². The molecule has 0 bridgehead atoms. The summed E-state index contributed by atoms with van der Waals surface area (Å²) in [5.41, 5.74) is 7.06. The molecule has 2 atom stereocenters. The lowest BCUT2D eigenvalue weighted by Gasteiger charge is -2.35. The van der Waals surface area contributed by atoms with Crippen LogP contribution in [0, 0.1) is 5.82 Å². The summed E-state index contributed by atoms with van der Waals surface area (Å²) in [5, 5.41) is 0. The molecule has 18 heavy (non-hydrogen) atoms. The van der Waals surface area contributed by atoms with Crippen molar-refractivity contribution in [2.45, 2.75) is 39.1 Å². The van der Waals surface area contributed by atoms with E-state index < -0.39 is 0 Å².